The molecular weight excluding hydrogens is 286 g/mol. The average molecular weight is 311 g/mol. The fraction of sp³-hybridized carbons (Fsp3) is 0.350. The molecule has 0 saturated carbocycles. The van der Waals surface area contributed by atoms with E-state index >= 15 is 0 Å². The fourth-order valence-corrected chi connectivity index (χ4v) is 2.43. The van der Waals surface area contributed by atoms with Crippen LogP contribution in [0.3, 0.4) is 0 Å². The first-order chi connectivity index (χ1) is 10.9. The highest BCUT2D eigenvalue weighted by Gasteiger charge is 2.20. The molecule has 1 atom stereocenters. The summed E-state index contributed by atoms with van der Waals surface area (Å²) in [5.74, 6) is 0.751. The van der Waals surface area contributed by atoms with E-state index in [9.17, 15) is 4.79 Å². The third-order valence-corrected chi connectivity index (χ3v) is 3.91. The number of carbonyl (C=O) groups is 1. The maximum absolute atomic E-state index is 12.5. The van der Waals surface area contributed by atoms with E-state index in [1.165, 1.54) is 5.56 Å². The van der Waals surface area contributed by atoms with E-state index < -0.39 is 6.10 Å². The summed E-state index contributed by atoms with van der Waals surface area (Å²) in [4.78, 5) is 14.2. The number of hydrogen-bond donors (Lipinski definition) is 0. The standard InChI is InChI=1S/C20H25NO2/c1-14-7-10-18(11-8-14)13-21(5)20(22)17(4)23-19-12-15(2)6-9-16(19)3/h6-12,17H,13H2,1-5H3/t17-/m0/s1. The van der Waals surface area contributed by atoms with Gasteiger partial charge in [-0.15, -0.1) is 0 Å². The molecule has 0 unspecified atom stereocenters. The van der Waals surface area contributed by atoms with E-state index in [-0.39, 0.29) is 5.91 Å². The summed E-state index contributed by atoms with van der Waals surface area (Å²) in [7, 11) is 1.81. The second-order valence-electron chi connectivity index (χ2n) is 6.21. The Morgan fingerprint density at radius 3 is 2.30 bits per heavy atom. The molecule has 122 valence electrons. The molecule has 0 aromatic heterocycles. The van der Waals surface area contributed by atoms with Crippen molar-refractivity contribution in [1.29, 1.82) is 0 Å². The van der Waals surface area contributed by atoms with Crippen molar-refractivity contribution in [3.8, 4) is 5.75 Å². The van der Waals surface area contributed by atoms with Crippen molar-refractivity contribution in [3.63, 3.8) is 0 Å². The third-order valence-electron chi connectivity index (χ3n) is 3.91. The summed E-state index contributed by atoms with van der Waals surface area (Å²) in [6.45, 7) is 8.44. The van der Waals surface area contributed by atoms with E-state index in [4.69, 9.17) is 4.74 Å². The molecule has 23 heavy (non-hydrogen) atoms. The van der Waals surface area contributed by atoms with E-state index in [1.54, 1.807) is 11.8 Å². The lowest BCUT2D eigenvalue weighted by molar-refractivity contribution is -0.137. The van der Waals surface area contributed by atoms with Crippen LogP contribution in [0, 0.1) is 20.8 Å². The molecule has 0 fully saturated rings. The van der Waals surface area contributed by atoms with Gasteiger partial charge in [0, 0.05) is 13.6 Å². The SMILES string of the molecule is Cc1ccc(CN(C)C(=O)[C@H](C)Oc2cc(C)ccc2C)cc1. The molecule has 0 aliphatic heterocycles. The predicted octanol–water partition coefficient (Wildman–Crippen LogP) is 4.04. The van der Waals surface area contributed by atoms with Crippen molar-refractivity contribution in [2.45, 2.75) is 40.3 Å². The van der Waals surface area contributed by atoms with E-state index in [0.717, 1.165) is 22.4 Å². The number of benzene rings is 2. The maximum Gasteiger partial charge on any atom is 0.263 e. The number of carbonyl (C=O) groups excluding carboxylic acids is 1. The Hall–Kier alpha value is -2.29. The zero-order valence-corrected chi connectivity index (χ0v) is 14.6. The monoisotopic (exact) mass is 311 g/mol. The van der Waals surface area contributed by atoms with Crippen LogP contribution < -0.4 is 4.74 Å². The van der Waals surface area contributed by atoms with Crippen LogP contribution >= 0.6 is 0 Å². The van der Waals surface area contributed by atoms with Crippen LogP contribution in [0.25, 0.3) is 0 Å². The van der Waals surface area contributed by atoms with Crippen LogP contribution in [-0.4, -0.2) is 24.0 Å². The van der Waals surface area contributed by atoms with Gasteiger partial charge in [0.25, 0.3) is 5.91 Å². The molecule has 0 spiro atoms. The van der Waals surface area contributed by atoms with Crippen LogP contribution in [0.5, 0.6) is 5.75 Å². The van der Waals surface area contributed by atoms with Gasteiger partial charge in [-0.05, 0) is 50.5 Å². The second kappa shape index (κ2) is 7.32. The van der Waals surface area contributed by atoms with Crippen LogP contribution in [0.1, 0.15) is 29.2 Å². The summed E-state index contributed by atoms with van der Waals surface area (Å²) >= 11 is 0. The van der Waals surface area contributed by atoms with Crippen LogP contribution in [0.2, 0.25) is 0 Å². The molecule has 0 aliphatic carbocycles. The smallest absolute Gasteiger partial charge is 0.263 e. The Balaban J connectivity index is 2.00. The lowest BCUT2D eigenvalue weighted by Crippen LogP contribution is -2.37. The Bertz CT molecular complexity index is 677. The largest absolute Gasteiger partial charge is 0.481 e. The van der Waals surface area contributed by atoms with Crippen molar-refractivity contribution in [2.24, 2.45) is 0 Å². The number of ether oxygens (including phenoxy) is 1. The number of nitrogens with zero attached hydrogens (tertiary/aromatic N) is 1. The van der Waals surface area contributed by atoms with Crippen molar-refractivity contribution >= 4 is 5.91 Å². The number of hydrogen-bond acceptors (Lipinski definition) is 2. The normalized spacial score (nSPS) is 11.9. The number of amides is 1. The second-order valence-corrected chi connectivity index (χ2v) is 6.21. The molecule has 0 heterocycles. The van der Waals surface area contributed by atoms with Gasteiger partial charge < -0.3 is 9.64 Å². The van der Waals surface area contributed by atoms with Crippen molar-refractivity contribution in [3.05, 3.63) is 64.7 Å². The van der Waals surface area contributed by atoms with Crippen LogP contribution in [0.15, 0.2) is 42.5 Å². The molecule has 2 rings (SSSR count). The molecule has 0 saturated heterocycles. The molecule has 1 amide bonds. The molecule has 0 N–H and O–H groups in total. The molecule has 2 aromatic rings. The third kappa shape index (κ3) is 4.59. The van der Waals surface area contributed by atoms with Gasteiger partial charge in [-0.25, -0.2) is 0 Å². The zero-order valence-electron chi connectivity index (χ0n) is 14.6. The van der Waals surface area contributed by atoms with Crippen LogP contribution in [-0.2, 0) is 11.3 Å². The molecule has 3 heteroatoms. The number of likely N-dealkylation sites (N-methyl/N-ethyl adjacent to an activating group) is 1. The van der Waals surface area contributed by atoms with Gasteiger partial charge in [0.05, 0.1) is 0 Å². The molecule has 0 bridgehead atoms. The Morgan fingerprint density at radius 1 is 1.04 bits per heavy atom. The number of aryl methyl sites for hydroxylation is 3. The Kier molecular flexibility index (Phi) is 5.43. The van der Waals surface area contributed by atoms with Crippen LogP contribution in [0.4, 0.5) is 0 Å². The van der Waals surface area contributed by atoms with Gasteiger partial charge >= 0.3 is 0 Å². The van der Waals surface area contributed by atoms with Crippen molar-refractivity contribution in [1.82, 2.24) is 4.90 Å². The highest BCUT2D eigenvalue weighted by Crippen LogP contribution is 2.21. The molecule has 2 aromatic carbocycles. The fourth-order valence-electron chi connectivity index (χ4n) is 2.43. The summed E-state index contributed by atoms with van der Waals surface area (Å²) in [5, 5.41) is 0. The molecule has 0 aliphatic rings. The van der Waals surface area contributed by atoms with Gasteiger partial charge in [0.2, 0.25) is 0 Å². The Labute approximate surface area is 138 Å². The van der Waals surface area contributed by atoms with Gasteiger partial charge in [-0.3, -0.25) is 4.79 Å². The van der Waals surface area contributed by atoms with E-state index in [1.807, 2.05) is 39.1 Å². The summed E-state index contributed by atoms with van der Waals surface area (Å²) in [6.07, 6.45) is -0.508. The average Bonchev–Trinajstić information content (AvgIpc) is 2.52. The summed E-state index contributed by atoms with van der Waals surface area (Å²) in [6, 6.07) is 14.2. The quantitative estimate of drug-likeness (QED) is 0.834. The lowest BCUT2D eigenvalue weighted by atomic mass is 10.1. The van der Waals surface area contributed by atoms with Crippen molar-refractivity contribution in [2.75, 3.05) is 7.05 Å². The van der Waals surface area contributed by atoms with Gasteiger partial charge in [0.1, 0.15) is 5.75 Å². The van der Waals surface area contributed by atoms with Crippen molar-refractivity contribution < 1.29 is 9.53 Å². The predicted molar refractivity (Wildman–Crippen MR) is 93.7 cm³/mol. The molecular formula is C20H25NO2. The van der Waals surface area contributed by atoms with E-state index in [2.05, 4.69) is 31.2 Å². The maximum atomic E-state index is 12.5. The van der Waals surface area contributed by atoms with Gasteiger partial charge in [-0.2, -0.15) is 0 Å². The lowest BCUT2D eigenvalue weighted by Gasteiger charge is -2.23. The first kappa shape index (κ1) is 17.1. The topological polar surface area (TPSA) is 29.5 Å². The van der Waals surface area contributed by atoms with Gasteiger partial charge in [-0.1, -0.05) is 42.0 Å². The first-order valence-corrected chi connectivity index (χ1v) is 7.91. The minimum Gasteiger partial charge on any atom is -0.481 e. The summed E-state index contributed by atoms with van der Waals surface area (Å²) in [5.41, 5.74) is 4.49. The molecule has 3 nitrogen and oxygen atoms in total. The van der Waals surface area contributed by atoms with E-state index in [0.29, 0.717) is 6.54 Å². The highest BCUT2D eigenvalue weighted by atomic mass is 16.5. The Morgan fingerprint density at radius 2 is 1.65 bits per heavy atom. The minimum atomic E-state index is -0.508. The summed E-state index contributed by atoms with van der Waals surface area (Å²) < 4.78 is 5.87. The zero-order chi connectivity index (χ0) is 17.0. The molecule has 0 radical (unpaired) electrons. The first-order valence-electron chi connectivity index (χ1n) is 7.91. The minimum absolute atomic E-state index is 0.0218. The van der Waals surface area contributed by atoms with Gasteiger partial charge in [0.15, 0.2) is 6.10 Å². The highest BCUT2D eigenvalue weighted by molar-refractivity contribution is 5.80. The number of rotatable bonds is 5.